The molecule has 0 aliphatic carbocycles. The minimum atomic E-state index is -0.0612. The number of ether oxygens (including phenoxy) is 1. The highest BCUT2D eigenvalue weighted by molar-refractivity contribution is 7.80. The van der Waals surface area contributed by atoms with Gasteiger partial charge in [0.05, 0.1) is 23.6 Å². The minimum Gasteiger partial charge on any atom is -0.492 e. The second kappa shape index (κ2) is 7.31. The molecule has 0 atom stereocenters. The summed E-state index contributed by atoms with van der Waals surface area (Å²) in [5, 5.41) is 3.22. The summed E-state index contributed by atoms with van der Waals surface area (Å²) in [6.45, 7) is 4.05. The van der Waals surface area contributed by atoms with Crippen molar-refractivity contribution < 1.29 is 9.53 Å². The van der Waals surface area contributed by atoms with E-state index < -0.39 is 0 Å². The molecule has 0 radical (unpaired) electrons. The van der Waals surface area contributed by atoms with Crippen LogP contribution in [0, 0.1) is 0 Å². The Morgan fingerprint density at radius 2 is 2.21 bits per heavy atom. The smallest absolute Gasteiger partial charge is 0.223 e. The lowest BCUT2D eigenvalue weighted by Gasteiger charge is -2.12. The first kappa shape index (κ1) is 15.7. The number of rotatable bonds is 6. The predicted octanol–water partition coefficient (Wildman–Crippen LogP) is 2.27. The van der Waals surface area contributed by atoms with Gasteiger partial charge >= 0.3 is 0 Å². The van der Waals surface area contributed by atoms with E-state index in [0.29, 0.717) is 16.3 Å². The lowest BCUT2D eigenvalue weighted by molar-refractivity contribution is -0.122. The van der Waals surface area contributed by atoms with Crippen molar-refractivity contribution in [2.45, 2.75) is 26.3 Å². The standard InChI is InChI=1S/C13H17ClN2O2S/c1-8(2)16-11(17)6-7-18-10-5-3-4-9(14)12(10)13(15)19/h3-5,8H,6-7H2,1-2H3,(H2,15,19)(H,16,17). The molecule has 3 N–H and O–H groups in total. The maximum Gasteiger partial charge on any atom is 0.223 e. The van der Waals surface area contributed by atoms with E-state index in [-0.39, 0.29) is 30.0 Å². The molecule has 1 rings (SSSR count). The third-order valence-electron chi connectivity index (χ3n) is 2.26. The van der Waals surface area contributed by atoms with Crippen LogP contribution in [-0.2, 0) is 4.79 Å². The summed E-state index contributed by atoms with van der Waals surface area (Å²) in [4.78, 5) is 11.6. The van der Waals surface area contributed by atoms with Gasteiger partial charge in [0, 0.05) is 6.04 Å². The minimum absolute atomic E-state index is 0.0612. The Bertz CT molecular complexity index is 478. The zero-order chi connectivity index (χ0) is 14.4. The third kappa shape index (κ3) is 5.04. The normalized spacial score (nSPS) is 10.3. The monoisotopic (exact) mass is 300 g/mol. The van der Waals surface area contributed by atoms with Crippen molar-refractivity contribution in [1.29, 1.82) is 0 Å². The van der Waals surface area contributed by atoms with Gasteiger partial charge in [-0.05, 0) is 26.0 Å². The van der Waals surface area contributed by atoms with Crippen molar-refractivity contribution in [3.05, 3.63) is 28.8 Å². The summed E-state index contributed by atoms with van der Waals surface area (Å²) in [5.41, 5.74) is 6.10. The number of nitrogens with two attached hydrogens (primary N) is 1. The van der Waals surface area contributed by atoms with Crippen LogP contribution in [0.25, 0.3) is 0 Å². The van der Waals surface area contributed by atoms with Crippen LogP contribution in [0.4, 0.5) is 0 Å². The van der Waals surface area contributed by atoms with Crippen LogP contribution in [0.15, 0.2) is 18.2 Å². The molecular formula is C13H17ClN2O2S. The fourth-order valence-corrected chi connectivity index (χ4v) is 2.05. The number of halogens is 1. The van der Waals surface area contributed by atoms with E-state index in [2.05, 4.69) is 5.32 Å². The molecule has 0 saturated carbocycles. The lowest BCUT2D eigenvalue weighted by atomic mass is 10.2. The topological polar surface area (TPSA) is 64.3 Å². The van der Waals surface area contributed by atoms with Crippen LogP contribution >= 0.6 is 23.8 Å². The second-order valence-corrected chi connectivity index (χ2v) is 5.14. The number of hydrogen-bond acceptors (Lipinski definition) is 3. The number of hydrogen-bond donors (Lipinski definition) is 2. The fourth-order valence-electron chi connectivity index (χ4n) is 1.51. The summed E-state index contributed by atoms with van der Waals surface area (Å²) in [6.07, 6.45) is 0.265. The molecule has 1 amide bonds. The quantitative estimate of drug-likeness (QED) is 0.791. The Morgan fingerprint density at radius 3 is 2.79 bits per heavy atom. The largest absolute Gasteiger partial charge is 0.492 e. The summed E-state index contributed by atoms with van der Waals surface area (Å²) in [6, 6.07) is 5.27. The first-order valence-electron chi connectivity index (χ1n) is 5.92. The third-order valence-corrected chi connectivity index (χ3v) is 2.78. The highest BCUT2D eigenvalue weighted by Crippen LogP contribution is 2.26. The van der Waals surface area contributed by atoms with Crippen LogP contribution in [-0.4, -0.2) is 23.5 Å². The molecule has 1 aromatic carbocycles. The van der Waals surface area contributed by atoms with Gasteiger partial charge in [0.1, 0.15) is 10.7 Å². The van der Waals surface area contributed by atoms with Gasteiger partial charge < -0.3 is 15.8 Å². The molecule has 0 saturated heterocycles. The molecule has 1 aromatic rings. The summed E-state index contributed by atoms with van der Waals surface area (Å²) < 4.78 is 5.52. The molecule has 0 aromatic heterocycles. The van der Waals surface area contributed by atoms with Crippen LogP contribution in [0.2, 0.25) is 5.02 Å². The van der Waals surface area contributed by atoms with E-state index in [1.807, 2.05) is 13.8 Å². The van der Waals surface area contributed by atoms with E-state index in [1.165, 1.54) is 0 Å². The van der Waals surface area contributed by atoms with E-state index in [4.69, 9.17) is 34.3 Å². The van der Waals surface area contributed by atoms with Gasteiger partial charge in [-0.3, -0.25) is 4.79 Å². The molecule has 0 unspecified atom stereocenters. The van der Waals surface area contributed by atoms with Gasteiger partial charge in [-0.25, -0.2) is 0 Å². The molecule has 0 heterocycles. The molecule has 0 aliphatic rings. The highest BCUT2D eigenvalue weighted by Gasteiger charge is 2.11. The number of amides is 1. The van der Waals surface area contributed by atoms with E-state index in [0.717, 1.165) is 0 Å². The molecule has 4 nitrogen and oxygen atoms in total. The van der Waals surface area contributed by atoms with E-state index in [9.17, 15) is 4.79 Å². The lowest BCUT2D eigenvalue weighted by Crippen LogP contribution is -2.31. The number of carbonyl (C=O) groups is 1. The Balaban J connectivity index is 2.61. The van der Waals surface area contributed by atoms with E-state index in [1.54, 1.807) is 18.2 Å². The fraction of sp³-hybridized carbons (Fsp3) is 0.385. The summed E-state index contributed by atoms with van der Waals surface area (Å²) in [5.74, 6) is 0.436. The van der Waals surface area contributed by atoms with Crippen molar-refractivity contribution in [1.82, 2.24) is 5.32 Å². The van der Waals surface area contributed by atoms with Gasteiger partial charge in [-0.15, -0.1) is 0 Å². The highest BCUT2D eigenvalue weighted by atomic mass is 35.5. The average Bonchev–Trinajstić information content (AvgIpc) is 2.27. The molecular weight excluding hydrogens is 284 g/mol. The Kier molecular flexibility index (Phi) is 6.05. The van der Waals surface area contributed by atoms with Gasteiger partial charge in [0.25, 0.3) is 0 Å². The molecule has 0 aliphatic heterocycles. The molecule has 104 valence electrons. The number of benzene rings is 1. The van der Waals surface area contributed by atoms with Crippen molar-refractivity contribution in [3.63, 3.8) is 0 Å². The van der Waals surface area contributed by atoms with Crippen molar-refractivity contribution in [2.24, 2.45) is 5.73 Å². The number of nitrogens with one attached hydrogen (secondary N) is 1. The predicted molar refractivity (Wildman–Crippen MR) is 80.7 cm³/mol. The maximum absolute atomic E-state index is 11.5. The number of thiocarbonyl (C=S) groups is 1. The molecule has 0 bridgehead atoms. The first-order valence-corrected chi connectivity index (χ1v) is 6.71. The van der Waals surface area contributed by atoms with Crippen molar-refractivity contribution in [3.8, 4) is 5.75 Å². The van der Waals surface area contributed by atoms with Gasteiger partial charge in [-0.1, -0.05) is 29.9 Å². The SMILES string of the molecule is CC(C)NC(=O)CCOc1cccc(Cl)c1C(N)=S. The van der Waals surface area contributed by atoms with Crippen LogP contribution in [0.3, 0.4) is 0 Å². The van der Waals surface area contributed by atoms with Crippen molar-refractivity contribution in [2.75, 3.05) is 6.61 Å². The number of carbonyl (C=O) groups excluding carboxylic acids is 1. The van der Waals surface area contributed by atoms with Gasteiger partial charge in [0.15, 0.2) is 0 Å². The maximum atomic E-state index is 11.5. The van der Waals surface area contributed by atoms with E-state index >= 15 is 0 Å². The first-order chi connectivity index (χ1) is 8.91. The van der Waals surface area contributed by atoms with Gasteiger partial charge in [0.2, 0.25) is 5.91 Å². The Labute approximate surface area is 123 Å². The molecule has 0 fully saturated rings. The average molecular weight is 301 g/mol. The molecule has 0 spiro atoms. The zero-order valence-electron chi connectivity index (χ0n) is 10.9. The molecule has 6 heteroatoms. The van der Waals surface area contributed by atoms with Crippen LogP contribution < -0.4 is 15.8 Å². The Hall–Kier alpha value is -1.33. The molecule has 19 heavy (non-hydrogen) atoms. The van der Waals surface area contributed by atoms with Crippen LogP contribution in [0.5, 0.6) is 5.75 Å². The second-order valence-electron chi connectivity index (χ2n) is 4.30. The Morgan fingerprint density at radius 1 is 1.53 bits per heavy atom. The van der Waals surface area contributed by atoms with Gasteiger partial charge in [-0.2, -0.15) is 0 Å². The zero-order valence-corrected chi connectivity index (χ0v) is 12.5. The summed E-state index contributed by atoms with van der Waals surface area (Å²) >= 11 is 10.9. The summed E-state index contributed by atoms with van der Waals surface area (Å²) in [7, 11) is 0. The van der Waals surface area contributed by atoms with Crippen LogP contribution in [0.1, 0.15) is 25.8 Å². The van der Waals surface area contributed by atoms with Crippen molar-refractivity contribution >= 4 is 34.7 Å².